The van der Waals surface area contributed by atoms with E-state index >= 15 is 0 Å². The molecule has 0 bridgehead atoms. The van der Waals surface area contributed by atoms with E-state index < -0.39 is 12.1 Å². The smallest absolute Gasteiger partial charge is 0.303 e. The third-order valence-electron chi connectivity index (χ3n) is 4.97. The summed E-state index contributed by atoms with van der Waals surface area (Å²) in [6, 6.07) is 23.7. The number of carbonyl (C=O) groups excluding carboxylic acids is 1. The third kappa shape index (κ3) is 7.94. The van der Waals surface area contributed by atoms with Crippen molar-refractivity contribution >= 4 is 23.6 Å². The van der Waals surface area contributed by atoms with Gasteiger partial charge in [0, 0.05) is 24.1 Å². The summed E-state index contributed by atoms with van der Waals surface area (Å²) in [6.07, 6.45) is 3.66. The van der Waals surface area contributed by atoms with Crippen LogP contribution in [0.3, 0.4) is 0 Å². The zero-order chi connectivity index (χ0) is 23.5. The standard InChI is InChI=1S/C27H27NO5/c29-24(18-19-33-25-9-5-4-6-21(25)13-17-26(30)31)16-12-20-10-14-23(15-11-20)28-27(32)22-7-2-1-3-8-22/h1-12,14-16,24,29H,13,17-19H2,(H,28,32)(H,30,31)/b16-12+/t24-/m0/s1. The number of benzene rings is 3. The molecule has 3 aromatic rings. The molecular formula is C27H27NO5. The summed E-state index contributed by atoms with van der Waals surface area (Å²) >= 11 is 0. The fourth-order valence-corrected chi connectivity index (χ4v) is 3.17. The first-order valence-corrected chi connectivity index (χ1v) is 10.8. The van der Waals surface area contributed by atoms with Crippen molar-refractivity contribution in [3.05, 3.63) is 102 Å². The summed E-state index contributed by atoms with van der Waals surface area (Å²) in [5.41, 5.74) is 3.02. The number of aliphatic hydroxyl groups is 1. The number of carboxylic acid groups (broad SMARTS) is 1. The molecule has 0 aliphatic carbocycles. The number of ether oxygens (including phenoxy) is 1. The lowest BCUT2D eigenvalue weighted by atomic mass is 10.1. The largest absolute Gasteiger partial charge is 0.493 e. The summed E-state index contributed by atoms with van der Waals surface area (Å²) in [6.45, 7) is 0.306. The molecule has 170 valence electrons. The molecule has 0 radical (unpaired) electrons. The Balaban J connectivity index is 1.45. The first-order valence-electron chi connectivity index (χ1n) is 10.8. The van der Waals surface area contributed by atoms with E-state index in [4.69, 9.17) is 9.84 Å². The Morgan fingerprint density at radius 3 is 2.36 bits per heavy atom. The van der Waals surface area contributed by atoms with Crippen molar-refractivity contribution in [3.8, 4) is 5.75 Å². The topological polar surface area (TPSA) is 95.9 Å². The number of anilines is 1. The van der Waals surface area contributed by atoms with Crippen molar-refractivity contribution < 1.29 is 24.5 Å². The molecule has 33 heavy (non-hydrogen) atoms. The molecule has 0 fully saturated rings. The molecule has 0 unspecified atom stereocenters. The SMILES string of the molecule is O=C(O)CCc1ccccc1OCC[C@@H](O)/C=C/c1ccc(NC(=O)c2ccccc2)cc1. The molecule has 6 heteroatoms. The Bertz CT molecular complexity index is 1080. The van der Waals surface area contributed by atoms with Crippen molar-refractivity contribution in [3.63, 3.8) is 0 Å². The number of rotatable bonds is 11. The van der Waals surface area contributed by atoms with Crippen LogP contribution in [0.25, 0.3) is 6.08 Å². The van der Waals surface area contributed by atoms with Gasteiger partial charge in [-0.05, 0) is 47.9 Å². The molecular weight excluding hydrogens is 418 g/mol. The molecule has 3 rings (SSSR count). The monoisotopic (exact) mass is 445 g/mol. The van der Waals surface area contributed by atoms with Crippen LogP contribution in [0, 0.1) is 0 Å². The minimum absolute atomic E-state index is 0.0421. The van der Waals surface area contributed by atoms with Crippen LogP contribution >= 0.6 is 0 Å². The predicted octanol–water partition coefficient (Wildman–Crippen LogP) is 4.80. The molecule has 3 aromatic carbocycles. The maximum atomic E-state index is 12.2. The van der Waals surface area contributed by atoms with Crippen molar-refractivity contribution in [2.45, 2.75) is 25.4 Å². The van der Waals surface area contributed by atoms with E-state index in [1.54, 1.807) is 24.3 Å². The summed E-state index contributed by atoms with van der Waals surface area (Å²) < 4.78 is 5.75. The number of hydrogen-bond acceptors (Lipinski definition) is 4. The van der Waals surface area contributed by atoms with Crippen LogP contribution in [0.4, 0.5) is 5.69 Å². The van der Waals surface area contributed by atoms with E-state index in [1.165, 1.54) is 0 Å². The molecule has 0 heterocycles. The summed E-state index contributed by atoms with van der Waals surface area (Å²) in [5.74, 6) is -0.376. The first-order chi connectivity index (χ1) is 16.0. The Morgan fingerprint density at radius 1 is 0.939 bits per heavy atom. The van der Waals surface area contributed by atoms with E-state index in [0.717, 1.165) is 11.1 Å². The maximum absolute atomic E-state index is 12.2. The number of aliphatic hydroxyl groups excluding tert-OH is 1. The average molecular weight is 446 g/mol. The van der Waals surface area contributed by atoms with Gasteiger partial charge < -0.3 is 20.3 Å². The van der Waals surface area contributed by atoms with E-state index in [1.807, 2.05) is 66.7 Å². The zero-order valence-electron chi connectivity index (χ0n) is 18.2. The highest BCUT2D eigenvalue weighted by atomic mass is 16.5. The van der Waals surface area contributed by atoms with Gasteiger partial charge in [0.05, 0.1) is 12.7 Å². The third-order valence-corrected chi connectivity index (χ3v) is 4.97. The van der Waals surface area contributed by atoms with Gasteiger partial charge in [-0.2, -0.15) is 0 Å². The molecule has 3 N–H and O–H groups in total. The average Bonchev–Trinajstić information content (AvgIpc) is 2.83. The Kier molecular flexibility index (Phi) is 8.79. The van der Waals surface area contributed by atoms with Crippen LogP contribution < -0.4 is 10.1 Å². The van der Waals surface area contributed by atoms with Gasteiger partial charge in [0.2, 0.25) is 0 Å². The summed E-state index contributed by atoms with van der Waals surface area (Å²) in [5, 5.41) is 22.0. The van der Waals surface area contributed by atoms with E-state index in [2.05, 4.69) is 5.32 Å². The van der Waals surface area contributed by atoms with E-state index in [9.17, 15) is 14.7 Å². The number of para-hydroxylation sites is 1. The lowest BCUT2D eigenvalue weighted by Gasteiger charge is -2.12. The van der Waals surface area contributed by atoms with Gasteiger partial charge in [-0.15, -0.1) is 0 Å². The van der Waals surface area contributed by atoms with Crippen molar-refractivity contribution in [1.82, 2.24) is 0 Å². The van der Waals surface area contributed by atoms with Crippen LogP contribution in [-0.4, -0.2) is 34.8 Å². The molecule has 0 aliphatic rings. The molecule has 0 saturated carbocycles. The van der Waals surface area contributed by atoms with Crippen molar-refractivity contribution in [1.29, 1.82) is 0 Å². The fraction of sp³-hybridized carbons (Fsp3) is 0.185. The number of amides is 1. The first kappa shape index (κ1) is 23.8. The highest BCUT2D eigenvalue weighted by molar-refractivity contribution is 6.04. The lowest BCUT2D eigenvalue weighted by molar-refractivity contribution is -0.136. The second-order valence-corrected chi connectivity index (χ2v) is 7.51. The fourth-order valence-electron chi connectivity index (χ4n) is 3.17. The lowest BCUT2D eigenvalue weighted by Crippen LogP contribution is -2.11. The quantitative estimate of drug-likeness (QED) is 0.394. The number of aliphatic carboxylic acids is 1. The highest BCUT2D eigenvalue weighted by Crippen LogP contribution is 2.20. The molecule has 0 saturated heterocycles. The molecule has 6 nitrogen and oxygen atoms in total. The van der Waals surface area contributed by atoms with E-state index in [-0.39, 0.29) is 12.3 Å². The van der Waals surface area contributed by atoms with Crippen molar-refractivity contribution in [2.24, 2.45) is 0 Å². The van der Waals surface area contributed by atoms with Gasteiger partial charge in [-0.3, -0.25) is 9.59 Å². The number of hydrogen-bond donors (Lipinski definition) is 3. The molecule has 0 spiro atoms. The van der Waals surface area contributed by atoms with Crippen LogP contribution in [0.1, 0.15) is 34.3 Å². The normalized spacial score (nSPS) is 11.8. The van der Waals surface area contributed by atoms with Gasteiger partial charge in [0.15, 0.2) is 0 Å². The molecule has 1 atom stereocenters. The van der Waals surface area contributed by atoms with E-state index in [0.29, 0.717) is 36.4 Å². The number of aryl methyl sites for hydroxylation is 1. The second kappa shape index (κ2) is 12.2. The summed E-state index contributed by atoms with van der Waals surface area (Å²) in [7, 11) is 0. The molecule has 0 aliphatic heterocycles. The Morgan fingerprint density at radius 2 is 1.64 bits per heavy atom. The molecule has 1 amide bonds. The predicted molar refractivity (Wildman–Crippen MR) is 128 cm³/mol. The summed E-state index contributed by atoms with van der Waals surface area (Å²) in [4.78, 5) is 23.0. The van der Waals surface area contributed by atoms with Gasteiger partial charge in [0.1, 0.15) is 5.75 Å². The number of carbonyl (C=O) groups is 2. The van der Waals surface area contributed by atoms with Crippen LogP contribution in [0.2, 0.25) is 0 Å². The van der Waals surface area contributed by atoms with Gasteiger partial charge in [-0.25, -0.2) is 0 Å². The Labute approximate surface area is 193 Å². The van der Waals surface area contributed by atoms with Crippen LogP contribution in [-0.2, 0) is 11.2 Å². The Hall–Kier alpha value is -3.90. The van der Waals surface area contributed by atoms with Gasteiger partial charge in [-0.1, -0.05) is 60.7 Å². The zero-order valence-corrected chi connectivity index (χ0v) is 18.2. The maximum Gasteiger partial charge on any atom is 0.303 e. The minimum Gasteiger partial charge on any atom is -0.493 e. The van der Waals surface area contributed by atoms with Gasteiger partial charge in [0.25, 0.3) is 5.91 Å². The van der Waals surface area contributed by atoms with Gasteiger partial charge >= 0.3 is 5.97 Å². The molecule has 0 aromatic heterocycles. The number of nitrogens with one attached hydrogen (secondary N) is 1. The highest BCUT2D eigenvalue weighted by Gasteiger charge is 2.07. The minimum atomic E-state index is -0.850. The van der Waals surface area contributed by atoms with Crippen LogP contribution in [0.5, 0.6) is 5.75 Å². The van der Waals surface area contributed by atoms with Crippen LogP contribution in [0.15, 0.2) is 84.9 Å². The number of carboxylic acids is 1. The second-order valence-electron chi connectivity index (χ2n) is 7.51. The van der Waals surface area contributed by atoms with Crippen molar-refractivity contribution in [2.75, 3.05) is 11.9 Å².